The van der Waals surface area contributed by atoms with Gasteiger partial charge in [-0.25, -0.2) is 0 Å². The van der Waals surface area contributed by atoms with Crippen molar-refractivity contribution in [3.8, 4) is 6.07 Å². The zero-order valence-electron chi connectivity index (χ0n) is 10.9. The third kappa shape index (κ3) is 7.67. The van der Waals surface area contributed by atoms with Gasteiger partial charge in [0.05, 0.1) is 11.5 Å². The van der Waals surface area contributed by atoms with E-state index < -0.39 is 0 Å². The molecule has 0 heterocycles. The van der Waals surface area contributed by atoms with E-state index in [0.717, 1.165) is 38.8 Å². The molecule has 0 amide bonds. The third-order valence-electron chi connectivity index (χ3n) is 2.90. The summed E-state index contributed by atoms with van der Waals surface area (Å²) in [6.07, 6.45) is 4.08. The highest BCUT2D eigenvalue weighted by molar-refractivity contribution is 4.91. The van der Waals surface area contributed by atoms with Crippen LogP contribution in [0.4, 0.5) is 0 Å². The van der Waals surface area contributed by atoms with E-state index in [-0.39, 0.29) is 12.0 Å². The van der Waals surface area contributed by atoms with Crippen molar-refractivity contribution in [2.75, 3.05) is 19.7 Å². The molecule has 0 aliphatic rings. The first-order valence-corrected chi connectivity index (χ1v) is 6.28. The highest BCUT2D eigenvalue weighted by atomic mass is 16.3. The minimum absolute atomic E-state index is 0.232. The Balaban J connectivity index is 3.66. The van der Waals surface area contributed by atoms with Gasteiger partial charge in [0.2, 0.25) is 0 Å². The molecule has 0 bridgehead atoms. The molecule has 3 heteroatoms. The van der Waals surface area contributed by atoms with Crippen LogP contribution in [0, 0.1) is 22.7 Å². The van der Waals surface area contributed by atoms with Gasteiger partial charge < -0.3 is 10.4 Å². The number of aliphatic hydroxyl groups excluding tert-OH is 1. The number of nitrogens with zero attached hydrogens (tertiary/aromatic N) is 1. The van der Waals surface area contributed by atoms with Crippen molar-refractivity contribution < 1.29 is 5.11 Å². The molecular weight excluding hydrogens is 200 g/mol. The summed E-state index contributed by atoms with van der Waals surface area (Å²) in [5.41, 5.74) is -0.232. The Morgan fingerprint density at radius 3 is 2.56 bits per heavy atom. The van der Waals surface area contributed by atoms with E-state index in [0.29, 0.717) is 5.92 Å². The normalized spacial score (nSPS) is 13.4. The molecule has 0 fully saturated rings. The lowest BCUT2D eigenvalue weighted by Crippen LogP contribution is -2.27. The van der Waals surface area contributed by atoms with Crippen molar-refractivity contribution in [2.45, 2.75) is 46.5 Å². The topological polar surface area (TPSA) is 56.0 Å². The standard InChI is InChI=1S/C13H26N2O/c1-4-5-12(6-9-16)10-15-8-7-13(2,3)11-14/h12,15-16H,4-10H2,1-3H3. The maximum Gasteiger partial charge on any atom is 0.0684 e. The van der Waals surface area contributed by atoms with E-state index in [9.17, 15) is 0 Å². The van der Waals surface area contributed by atoms with Gasteiger partial charge in [-0.1, -0.05) is 13.3 Å². The van der Waals surface area contributed by atoms with Crippen LogP contribution >= 0.6 is 0 Å². The second-order valence-corrected chi connectivity index (χ2v) is 5.12. The smallest absolute Gasteiger partial charge is 0.0684 e. The molecule has 0 rings (SSSR count). The maximum absolute atomic E-state index is 8.92. The Labute approximate surface area is 99.9 Å². The Kier molecular flexibility index (Phi) is 8.23. The number of aliphatic hydroxyl groups is 1. The van der Waals surface area contributed by atoms with E-state index in [2.05, 4.69) is 18.3 Å². The van der Waals surface area contributed by atoms with Crippen LogP contribution in [0.5, 0.6) is 0 Å². The lowest BCUT2D eigenvalue weighted by Gasteiger charge is -2.18. The molecule has 0 radical (unpaired) electrons. The van der Waals surface area contributed by atoms with Crippen LogP contribution < -0.4 is 5.32 Å². The Bertz CT molecular complexity index is 202. The number of nitrogens with one attached hydrogen (secondary N) is 1. The SMILES string of the molecule is CCCC(CCO)CNCCC(C)(C)C#N. The maximum atomic E-state index is 8.92. The molecule has 0 aliphatic heterocycles. The molecule has 0 spiro atoms. The van der Waals surface area contributed by atoms with Crippen molar-refractivity contribution in [1.29, 1.82) is 5.26 Å². The molecule has 2 N–H and O–H groups in total. The fourth-order valence-corrected chi connectivity index (χ4v) is 1.70. The van der Waals surface area contributed by atoms with Gasteiger partial charge in [-0.15, -0.1) is 0 Å². The van der Waals surface area contributed by atoms with E-state index in [1.807, 2.05) is 13.8 Å². The first-order valence-electron chi connectivity index (χ1n) is 6.28. The summed E-state index contributed by atoms with van der Waals surface area (Å²) in [6.45, 7) is 8.21. The summed E-state index contributed by atoms with van der Waals surface area (Å²) < 4.78 is 0. The Morgan fingerprint density at radius 1 is 1.38 bits per heavy atom. The van der Waals surface area contributed by atoms with Gasteiger partial charge in [0.25, 0.3) is 0 Å². The van der Waals surface area contributed by atoms with Crippen LogP contribution in [-0.4, -0.2) is 24.8 Å². The molecule has 0 aliphatic carbocycles. The molecule has 0 aromatic rings. The minimum Gasteiger partial charge on any atom is -0.396 e. The molecule has 0 aromatic heterocycles. The molecule has 0 aromatic carbocycles. The molecular formula is C13H26N2O. The number of hydrogen-bond donors (Lipinski definition) is 2. The fraction of sp³-hybridized carbons (Fsp3) is 0.923. The van der Waals surface area contributed by atoms with Gasteiger partial charge >= 0.3 is 0 Å². The van der Waals surface area contributed by atoms with Gasteiger partial charge in [-0.05, 0) is 52.1 Å². The fourth-order valence-electron chi connectivity index (χ4n) is 1.70. The summed E-state index contributed by atoms with van der Waals surface area (Å²) >= 11 is 0. The summed E-state index contributed by atoms with van der Waals surface area (Å²) in [6, 6.07) is 2.30. The van der Waals surface area contributed by atoms with Gasteiger partial charge in [0, 0.05) is 6.61 Å². The van der Waals surface area contributed by atoms with Gasteiger partial charge in [0.1, 0.15) is 0 Å². The zero-order valence-corrected chi connectivity index (χ0v) is 10.9. The summed E-state index contributed by atoms with van der Waals surface area (Å²) in [5.74, 6) is 0.570. The molecule has 1 atom stereocenters. The first-order chi connectivity index (χ1) is 7.55. The summed E-state index contributed by atoms with van der Waals surface area (Å²) in [7, 11) is 0. The molecule has 0 saturated heterocycles. The predicted octanol–water partition coefficient (Wildman–Crippen LogP) is 2.31. The van der Waals surface area contributed by atoms with Crippen LogP contribution in [0.3, 0.4) is 0 Å². The lowest BCUT2D eigenvalue weighted by atomic mass is 9.91. The van der Waals surface area contributed by atoms with Crippen molar-refractivity contribution >= 4 is 0 Å². The first kappa shape index (κ1) is 15.4. The molecule has 1 unspecified atom stereocenters. The highest BCUT2D eigenvalue weighted by Gasteiger charge is 2.15. The van der Waals surface area contributed by atoms with Crippen molar-refractivity contribution in [3.05, 3.63) is 0 Å². The monoisotopic (exact) mass is 226 g/mol. The van der Waals surface area contributed by atoms with E-state index in [1.165, 1.54) is 0 Å². The van der Waals surface area contributed by atoms with Gasteiger partial charge in [0.15, 0.2) is 0 Å². The van der Waals surface area contributed by atoms with Crippen LogP contribution in [0.25, 0.3) is 0 Å². The number of rotatable bonds is 9. The number of nitriles is 1. The molecule has 16 heavy (non-hydrogen) atoms. The summed E-state index contributed by atoms with van der Waals surface area (Å²) in [5, 5.41) is 21.2. The second kappa shape index (κ2) is 8.55. The molecule has 94 valence electrons. The van der Waals surface area contributed by atoms with Crippen LogP contribution in [0.15, 0.2) is 0 Å². The van der Waals surface area contributed by atoms with Crippen molar-refractivity contribution in [3.63, 3.8) is 0 Å². The molecule has 3 nitrogen and oxygen atoms in total. The predicted molar refractivity (Wildman–Crippen MR) is 67.0 cm³/mol. The van der Waals surface area contributed by atoms with E-state index in [4.69, 9.17) is 10.4 Å². The van der Waals surface area contributed by atoms with Crippen LogP contribution in [0.2, 0.25) is 0 Å². The molecule has 0 saturated carbocycles. The van der Waals surface area contributed by atoms with Gasteiger partial charge in [-0.2, -0.15) is 5.26 Å². The van der Waals surface area contributed by atoms with E-state index >= 15 is 0 Å². The van der Waals surface area contributed by atoms with Crippen LogP contribution in [-0.2, 0) is 0 Å². The quantitative estimate of drug-likeness (QED) is 0.593. The Hall–Kier alpha value is -0.590. The highest BCUT2D eigenvalue weighted by Crippen LogP contribution is 2.17. The zero-order chi connectivity index (χ0) is 12.4. The van der Waals surface area contributed by atoms with Gasteiger partial charge in [-0.3, -0.25) is 0 Å². The second-order valence-electron chi connectivity index (χ2n) is 5.12. The summed E-state index contributed by atoms with van der Waals surface area (Å²) in [4.78, 5) is 0. The minimum atomic E-state index is -0.232. The van der Waals surface area contributed by atoms with Crippen molar-refractivity contribution in [2.24, 2.45) is 11.3 Å². The van der Waals surface area contributed by atoms with E-state index in [1.54, 1.807) is 0 Å². The Morgan fingerprint density at radius 2 is 2.06 bits per heavy atom. The lowest BCUT2D eigenvalue weighted by molar-refractivity contribution is 0.247. The van der Waals surface area contributed by atoms with Crippen molar-refractivity contribution in [1.82, 2.24) is 5.32 Å². The van der Waals surface area contributed by atoms with Crippen LogP contribution in [0.1, 0.15) is 46.5 Å². The third-order valence-corrected chi connectivity index (χ3v) is 2.90. The largest absolute Gasteiger partial charge is 0.396 e. The average Bonchev–Trinajstić information content (AvgIpc) is 2.25. The number of hydrogen-bond acceptors (Lipinski definition) is 3. The average molecular weight is 226 g/mol.